The average Bonchev–Trinajstić information content (AvgIpc) is 2.62. The fourth-order valence-electron chi connectivity index (χ4n) is 3.15. The molecule has 0 aliphatic carbocycles. The van der Waals surface area contributed by atoms with Gasteiger partial charge in [0.2, 0.25) is 0 Å². The zero-order valence-electron chi connectivity index (χ0n) is 15.4. The smallest absolute Gasteiger partial charge is 0.253 e. The maximum atomic E-state index is 12.7. The number of nitrogens with zero attached hydrogens (tertiary/aromatic N) is 3. The summed E-state index contributed by atoms with van der Waals surface area (Å²) < 4.78 is 0. The molecule has 0 saturated carbocycles. The second kappa shape index (κ2) is 7.36. The van der Waals surface area contributed by atoms with Crippen molar-refractivity contribution >= 4 is 5.91 Å². The standard InChI is InChI=1S/C21H27N3O/c1-21(2,3)19-6-4-18(5-7-19)20(25)24-14-12-23(13-15-24)16-17-8-10-22-11-9-17/h4-11H,12-16H2,1-3H3. The number of carbonyl (C=O) groups is 1. The number of rotatable bonds is 3. The number of pyridine rings is 1. The van der Waals surface area contributed by atoms with Gasteiger partial charge in [-0.2, -0.15) is 0 Å². The van der Waals surface area contributed by atoms with Gasteiger partial charge in [0.1, 0.15) is 0 Å². The Balaban J connectivity index is 1.56. The minimum Gasteiger partial charge on any atom is -0.336 e. The van der Waals surface area contributed by atoms with Gasteiger partial charge in [0, 0.05) is 50.7 Å². The van der Waals surface area contributed by atoms with Crippen molar-refractivity contribution < 1.29 is 4.79 Å². The lowest BCUT2D eigenvalue weighted by atomic mass is 9.86. The topological polar surface area (TPSA) is 36.4 Å². The van der Waals surface area contributed by atoms with E-state index in [2.05, 4.69) is 42.8 Å². The molecule has 2 aromatic rings. The van der Waals surface area contributed by atoms with Gasteiger partial charge in [-0.1, -0.05) is 32.9 Å². The molecular weight excluding hydrogens is 310 g/mol. The fraction of sp³-hybridized carbons (Fsp3) is 0.429. The molecule has 1 aliphatic heterocycles. The Hall–Kier alpha value is -2.20. The zero-order chi connectivity index (χ0) is 17.9. The first kappa shape index (κ1) is 17.6. The zero-order valence-corrected chi connectivity index (χ0v) is 15.4. The molecule has 1 fully saturated rings. The van der Waals surface area contributed by atoms with E-state index in [-0.39, 0.29) is 11.3 Å². The maximum Gasteiger partial charge on any atom is 0.253 e. The summed E-state index contributed by atoms with van der Waals surface area (Å²) in [6.45, 7) is 10.9. The Morgan fingerprint density at radius 3 is 2.12 bits per heavy atom. The van der Waals surface area contributed by atoms with Crippen LogP contribution in [-0.2, 0) is 12.0 Å². The number of aromatic nitrogens is 1. The second-order valence-electron chi connectivity index (χ2n) is 7.75. The van der Waals surface area contributed by atoms with E-state index < -0.39 is 0 Å². The van der Waals surface area contributed by atoms with Gasteiger partial charge in [0.05, 0.1) is 0 Å². The van der Waals surface area contributed by atoms with Gasteiger partial charge in [-0.15, -0.1) is 0 Å². The first-order chi connectivity index (χ1) is 11.9. The molecule has 3 rings (SSSR count). The lowest BCUT2D eigenvalue weighted by molar-refractivity contribution is 0.0628. The van der Waals surface area contributed by atoms with E-state index in [0.717, 1.165) is 38.3 Å². The molecule has 0 spiro atoms. The van der Waals surface area contributed by atoms with Crippen LogP contribution in [0.15, 0.2) is 48.8 Å². The van der Waals surface area contributed by atoms with Crippen LogP contribution < -0.4 is 0 Å². The Bertz CT molecular complexity index is 696. The molecule has 0 unspecified atom stereocenters. The Kier molecular flexibility index (Phi) is 5.19. The van der Waals surface area contributed by atoms with E-state index in [4.69, 9.17) is 0 Å². The molecule has 1 aliphatic rings. The summed E-state index contributed by atoms with van der Waals surface area (Å²) in [5, 5.41) is 0. The normalized spacial score (nSPS) is 16.0. The Morgan fingerprint density at radius 1 is 0.960 bits per heavy atom. The van der Waals surface area contributed by atoms with Crippen molar-refractivity contribution in [2.45, 2.75) is 32.7 Å². The predicted molar refractivity (Wildman–Crippen MR) is 101 cm³/mol. The summed E-state index contributed by atoms with van der Waals surface area (Å²) in [6, 6.07) is 12.2. The van der Waals surface area contributed by atoms with Gasteiger partial charge in [-0.25, -0.2) is 0 Å². The predicted octanol–water partition coefficient (Wildman–Crippen LogP) is 3.34. The van der Waals surface area contributed by atoms with Gasteiger partial charge in [0.15, 0.2) is 0 Å². The summed E-state index contributed by atoms with van der Waals surface area (Å²) >= 11 is 0. The van der Waals surface area contributed by atoms with Gasteiger partial charge >= 0.3 is 0 Å². The number of amides is 1. The van der Waals surface area contributed by atoms with Crippen LogP contribution >= 0.6 is 0 Å². The van der Waals surface area contributed by atoms with Crippen LogP contribution in [0, 0.1) is 0 Å². The third kappa shape index (κ3) is 4.45. The first-order valence-electron chi connectivity index (χ1n) is 8.94. The number of piperazine rings is 1. The van der Waals surface area contributed by atoms with Crippen LogP contribution in [0.2, 0.25) is 0 Å². The highest BCUT2D eigenvalue weighted by Gasteiger charge is 2.22. The van der Waals surface area contributed by atoms with E-state index in [0.29, 0.717) is 0 Å². The van der Waals surface area contributed by atoms with Crippen molar-refractivity contribution in [3.63, 3.8) is 0 Å². The number of benzene rings is 1. The molecule has 25 heavy (non-hydrogen) atoms. The summed E-state index contributed by atoms with van der Waals surface area (Å²) in [4.78, 5) is 21.1. The van der Waals surface area contributed by atoms with Crippen LogP contribution in [0.4, 0.5) is 0 Å². The van der Waals surface area contributed by atoms with Crippen molar-refractivity contribution in [3.8, 4) is 0 Å². The highest BCUT2D eigenvalue weighted by molar-refractivity contribution is 5.94. The highest BCUT2D eigenvalue weighted by Crippen LogP contribution is 2.22. The summed E-state index contributed by atoms with van der Waals surface area (Å²) in [7, 11) is 0. The molecular formula is C21H27N3O. The second-order valence-corrected chi connectivity index (χ2v) is 7.75. The number of hydrogen-bond acceptors (Lipinski definition) is 3. The van der Waals surface area contributed by atoms with E-state index in [9.17, 15) is 4.79 Å². The summed E-state index contributed by atoms with van der Waals surface area (Å²) in [5.74, 6) is 0.143. The van der Waals surface area contributed by atoms with Crippen molar-refractivity contribution in [1.29, 1.82) is 0 Å². The lowest BCUT2D eigenvalue weighted by Crippen LogP contribution is -2.48. The molecule has 1 amide bonds. The Labute approximate surface area is 150 Å². The molecule has 1 saturated heterocycles. The fourth-order valence-corrected chi connectivity index (χ4v) is 3.15. The van der Waals surface area contributed by atoms with Crippen LogP contribution in [-0.4, -0.2) is 46.9 Å². The number of carbonyl (C=O) groups excluding carboxylic acids is 1. The highest BCUT2D eigenvalue weighted by atomic mass is 16.2. The lowest BCUT2D eigenvalue weighted by Gasteiger charge is -2.34. The van der Waals surface area contributed by atoms with Gasteiger partial charge in [-0.3, -0.25) is 14.7 Å². The van der Waals surface area contributed by atoms with Crippen molar-refractivity contribution in [3.05, 3.63) is 65.5 Å². The van der Waals surface area contributed by atoms with Crippen molar-refractivity contribution in [1.82, 2.24) is 14.8 Å². The van der Waals surface area contributed by atoms with Crippen molar-refractivity contribution in [2.24, 2.45) is 0 Å². The van der Waals surface area contributed by atoms with Crippen LogP contribution in [0.25, 0.3) is 0 Å². The SMILES string of the molecule is CC(C)(C)c1ccc(C(=O)N2CCN(Cc3ccncc3)CC2)cc1. The molecule has 0 atom stereocenters. The summed E-state index contributed by atoms with van der Waals surface area (Å²) in [5.41, 5.74) is 3.43. The maximum absolute atomic E-state index is 12.7. The van der Waals surface area contributed by atoms with E-state index in [1.165, 1.54) is 11.1 Å². The third-order valence-corrected chi connectivity index (χ3v) is 4.81. The van der Waals surface area contributed by atoms with E-state index in [1.807, 2.05) is 41.6 Å². The quantitative estimate of drug-likeness (QED) is 0.862. The van der Waals surface area contributed by atoms with Gasteiger partial charge < -0.3 is 4.90 Å². The largest absolute Gasteiger partial charge is 0.336 e. The van der Waals surface area contributed by atoms with E-state index >= 15 is 0 Å². The molecule has 4 nitrogen and oxygen atoms in total. The van der Waals surface area contributed by atoms with E-state index in [1.54, 1.807) is 0 Å². The van der Waals surface area contributed by atoms with Crippen LogP contribution in [0.5, 0.6) is 0 Å². The molecule has 0 N–H and O–H groups in total. The minimum atomic E-state index is 0.111. The average molecular weight is 337 g/mol. The molecule has 2 heterocycles. The monoisotopic (exact) mass is 337 g/mol. The van der Waals surface area contributed by atoms with Crippen molar-refractivity contribution in [2.75, 3.05) is 26.2 Å². The molecule has 132 valence electrons. The van der Waals surface area contributed by atoms with Gasteiger partial charge in [-0.05, 0) is 40.8 Å². The van der Waals surface area contributed by atoms with Gasteiger partial charge in [0.25, 0.3) is 5.91 Å². The summed E-state index contributed by atoms with van der Waals surface area (Å²) in [6.07, 6.45) is 3.66. The number of hydrogen-bond donors (Lipinski definition) is 0. The Morgan fingerprint density at radius 2 is 1.56 bits per heavy atom. The molecule has 4 heteroatoms. The van der Waals surface area contributed by atoms with Crippen LogP contribution in [0.1, 0.15) is 42.3 Å². The first-order valence-corrected chi connectivity index (χ1v) is 8.94. The van der Waals surface area contributed by atoms with Crippen LogP contribution in [0.3, 0.4) is 0 Å². The molecule has 0 radical (unpaired) electrons. The molecule has 1 aromatic carbocycles. The molecule has 0 bridgehead atoms. The minimum absolute atomic E-state index is 0.111. The third-order valence-electron chi connectivity index (χ3n) is 4.81. The molecule has 1 aromatic heterocycles.